The molecule has 20 heavy (non-hydrogen) atoms. The van der Waals surface area contributed by atoms with Gasteiger partial charge >= 0.3 is 5.97 Å². The molecule has 1 atom stereocenters. The molecule has 0 spiro atoms. The van der Waals surface area contributed by atoms with E-state index in [4.69, 9.17) is 5.11 Å². The second kappa shape index (κ2) is 6.21. The van der Waals surface area contributed by atoms with Crippen LogP contribution in [0.15, 0.2) is 27.6 Å². The Bertz CT molecular complexity index is 610. The SMILES string of the molecule is CCC(C)(CO)NS(=O)(=O)c1cc(C(=O)O)ccc1Br. The molecule has 8 heteroatoms. The van der Waals surface area contributed by atoms with Gasteiger partial charge in [0.25, 0.3) is 0 Å². The number of nitrogens with one attached hydrogen (secondary N) is 1. The van der Waals surface area contributed by atoms with Crippen LogP contribution in [0.4, 0.5) is 0 Å². The van der Waals surface area contributed by atoms with E-state index in [0.29, 0.717) is 6.42 Å². The van der Waals surface area contributed by atoms with Gasteiger partial charge in [-0.2, -0.15) is 0 Å². The van der Waals surface area contributed by atoms with Gasteiger partial charge in [0, 0.05) is 4.47 Å². The van der Waals surface area contributed by atoms with Crippen molar-refractivity contribution >= 4 is 31.9 Å². The molecule has 0 saturated carbocycles. The molecule has 0 aliphatic carbocycles. The molecule has 0 fully saturated rings. The van der Waals surface area contributed by atoms with Crippen LogP contribution >= 0.6 is 15.9 Å². The Morgan fingerprint density at radius 2 is 2.05 bits per heavy atom. The van der Waals surface area contributed by atoms with Crippen molar-refractivity contribution in [1.29, 1.82) is 0 Å². The number of aliphatic hydroxyl groups is 1. The highest BCUT2D eigenvalue weighted by Crippen LogP contribution is 2.25. The highest BCUT2D eigenvalue weighted by molar-refractivity contribution is 9.10. The fourth-order valence-corrected chi connectivity index (χ4v) is 3.90. The van der Waals surface area contributed by atoms with E-state index in [1.54, 1.807) is 13.8 Å². The number of benzene rings is 1. The van der Waals surface area contributed by atoms with Gasteiger partial charge in [-0.25, -0.2) is 17.9 Å². The lowest BCUT2D eigenvalue weighted by Crippen LogP contribution is -2.48. The molecule has 0 bridgehead atoms. The summed E-state index contributed by atoms with van der Waals surface area (Å²) >= 11 is 3.09. The first-order chi connectivity index (χ1) is 9.15. The van der Waals surface area contributed by atoms with Crippen molar-refractivity contribution in [2.24, 2.45) is 0 Å². The molecule has 112 valence electrons. The Morgan fingerprint density at radius 3 is 2.50 bits per heavy atom. The minimum Gasteiger partial charge on any atom is -0.478 e. The van der Waals surface area contributed by atoms with E-state index >= 15 is 0 Å². The van der Waals surface area contributed by atoms with E-state index < -0.39 is 21.5 Å². The largest absolute Gasteiger partial charge is 0.478 e. The van der Waals surface area contributed by atoms with Crippen LogP contribution in [0.1, 0.15) is 30.6 Å². The summed E-state index contributed by atoms with van der Waals surface area (Å²) < 4.78 is 27.3. The van der Waals surface area contributed by atoms with Crippen molar-refractivity contribution in [2.45, 2.75) is 30.7 Å². The predicted molar refractivity (Wildman–Crippen MR) is 77.2 cm³/mol. The van der Waals surface area contributed by atoms with Gasteiger partial charge in [0.05, 0.1) is 22.6 Å². The summed E-state index contributed by atoms with van der Waals surface area (Å²) in [6.07, 6.45) is 0.388. The Morgan fingerprint density at radius 1 is 1.45 bits per heavy atom. The fourth-order valence-electron chi connectivity index (χ4n) is 1.44. The maximum atomic E-state index is 12.3. The van der Waals surface area contributed by atoms with Gasteiger partial charge in [-0.05, 0) is 47.5 Å². The van der Waals surface area contributed by atoms with E-state index in [9.17, 15) is 18.3 Å². The fraction of sp³-hybridized carbons (Fsp3) is 0.417. The average molecular weight is 366 g/mol. The van der Waals surface area contributed by atoms with Crippen LogP contribution in [-0.4, -0.2) is 36.7 Å². The van der Waals surface area contributed by atoms with E-state index in [-0.39, 0.29) is 21.5 Å². The standard InChI is InChI=1S/C12H16BrNO5S/c1-3-12(2,7-15)14-20(18,19)10-6-8(11(16)17)4-5-9(10)13/h4-6,14-15H,3,7H2,1-2H3,(H,16,17). The van der Waals surface area contributed by atoms with Crippen molar-refractivity contribution in [3.05, 3.63) is 28.2 Å². The summed E-state index contributed by atoms with van der Waals surface area (Å²) in [5.74, 6) is -1.21. The van der Waals surface area contributed by atoms with Gasteiger partial charge in [0.2, 0.25) is 10.0 Å². The summed E-state index contributed by atoms with van der Waals surface area (Å²) in [6.45, 7) is 2.94. The number of aromatic carboxylic acids is 1. The third kappa shape index (κ3) is 3.78. The molecule has 1 aromatic carbocycles. The highest BCUT2D eigenvalue weighted by atomic mass is 79.9. The zero-order valence-corrected chi connectivity index (χ0v) is 13.5. The Labute approximate surface area is 126 Å². The number of sulfonamides is 1. The van der Waals surface area contributed by atoms with E-state index in [1.807, 2.05) is 0 Å². The molecule has 0 aliphatic rings. The first-order valence-corrected chi connectivity index (χ1v) is 8.10. The van der Waals surface area contributed by atoms with Crippen LogP contribution in [0.2, 0.25) is 0 Å². The monoisotopic (exact) mass is 365 g/mol. The summed E-state index contributed by atoms with van der Waals surface area (Å²) in [7, 11) is -3.95. The van der Waals surface area contributed by atoms with Crippen LogP contribution in [0.3, 0.4) is 0 Å². The Balaban J connectivity index is 3.28. The number of rotatable bonds is 6. The lowest BCUT2D eigenvalue weighted by Gasteiger charge is -2.27. The smallest absolute Gasteiger partial charge is 0.335 e. The molecule has 0 heterocycles. The summed E-state index contributed by atoms with van der Waals surface area (Å²) in [4.78, 5) is 10.7. The molecule has 1 rings (SSSR count). The minimum atomic E-state index is -3.95. The van der Waals surface area contributed by atoms with Crippen LogP contribution in [0.25, 0.3) is 0 Å². The molecule has 3 N–H and O–H groups in total. The molecule has 0 saturated heterocycles. The maximum Gasteiger partial charge on any atom is 0.335 e. The van der Waals surface area contributed by atoms with Crippen LogP contribution in [-0.2, 0) is 10.0 Å². The Kier molecular flexibility index (Phi) is 5.31. The number of aliphatic hydroxyl groups excluding tert-OH is 1. The van der Waals surface area contributed by atoms with Gasteiger partial charge in [-0.3, -0.25) is 0 Å². The topological polar surface area (TPSA) is 104 Å². The average Bonchev–Trinajstić information content (AvgIpc) is 2.38. The maximum absolute atomic E-state index is 12.3. The van der Waals surface area contributed by atoms with Crippen LogP contribution < -0.4 is 4.72 Å². The molecule has 0 amide bonds. The molecular formula is C12H16BrNO5S. The zero-order chi connectivity index (χ0) is 15.6. The second-order valence-corrected chi connectivity index (χ2v) is 7.13. The Hall–Kier alpha value is -0.960. The van der Waals surface area contributed by atoms with Crippen LogP contribution in [0.5, 0.6) is 0 Å². The lowest BCUT2D eigenvalue weighted by molar-refractivity contribution is 0.0696. The van der Waals surface area contributed by atoms with Crippen molar-refractivity contribution in [1.82, 2.24) is 4.72 Å². The number of hydrogen-bond acceptors (Lipinski definition) is 4. The summed E-state index contributed by atoms with van der Waals surface area (Å²) in [5, 5.41) is 18.2. The summed E-state index contributed by atoms with van der Waals surface area (Å²) in [5.41, 5.74) is -1.13. The van der Waals surface area contributed by atoms with Crippen molar-refractivity contribution in [3.8, 4) is 0 Å². The van der Waals surface area contributed by atoms with E-state index in [1.165, 1.54) is 12.1 Å². The summed E-state index contributed by atoms with van der Waals surface area (Å²) in [6, 6.07) is 3.74. The molecule has 0 radical (unpaired) electrons. The molecule has 1 unspecified atom stereocenters. The zero-order valence-electron chi connectivity index (χ0n) is 11.1. The third-order valence-corrected chi connectivity index (χ3v) is 5.61. The molecular weight excluding hydrogens is 350 g/mol. The second-order valence-electron chi connectivity index (χ2n) is 4.63. The molecule has 0 aliphatic heterocycles. The number of carboxylic acids is 1. The predicted octanol–water partition coefficient (Wildman–Crippen LogP) is 1.59. The van der Waals surface area contributed by atoms with Gasteiger partial charge in [0.1, 0.15) is 0 Å². The van der Waals surface area contributed by atoms with E-state index in [2.05, 4.69) is 20.7 Å². The van der Waals surface area contributed by atoms with Gasteiger partial charge < -0.3 is 10.2 Å². The van der Waals surface area contributed by atoms with Crippen molar-refractivity contribution in [2.75, 3.05) is 6.61 Å². The van der Waals surface area contributed by atoms with Crippen molar-refractivity contribution in [3.63, 3.8) is 0 Å². The highest BCUT2D eigenvalue weighted by Gasteiger charge is 2.30. The lowest BCUT2D eigenvalue weighted by atomic mass is 10.0. The minimum absolute atomic E-state index is 0.129. The number of carbonyl (C=O) groups is 1. The van der Waals surface area contributed by atoms with Gasteiger partial charge in [-0.15, -0.1) is 0 Å². The first-order valence-electron chi connectivity index (χ1n) is 5.83. The quantitative estimate of drug-likeness (QED) is 0.709. The molecule has 6 nitrogen and oxygen atoms in total. The van der Waals surface area contributed by atoms with Crippen LogP contribution in [0, 0.1) is 0 Å². The number of hydrogen-bond donors (Lipinski definition) is 3. The van der Waals surface area contributed by atoms with Gasteiger partial charge in [0.15, 0.2) is 0 Å². The number of carboxylic acid groups (broad SMARTS) is 1. The normalized spacial score (nSPS) is 14.8. The molecule has 0 aromatic heterocycles. The molecule has 1 aromatic rings. The number of halogens is 1. The third-order valence-electron chi connectivity index (χ3n) is 2.98. The van der Waals surface area contributed by atoms with Gasteiger partial charge in [-0.1, -0.05) is 6.92 Å². The first kappa shape index (κ1) is 17.1. The van der Waals surface area contributed by atoms with E-state index in [0.717, 1.165) is 6.07 Å². The van der Waals surface area contributed by atoms with Crippen molar-refractivity contribution < 1.29 is 23.4 Å².